The van der Waals surface area contributed by atoms with E-state index in [-0.39, 0.29) is 0 Å². The van der Waals surface area contributed by atoms with Crippen LogP contribution in [-0.2, 0) is 0 Å². The Balaban J connectivity index is 1.33. The summed E-state index contributed by atoms with van der Waals surface area (Å²) in [6.07, 6.45) is 4.24. The Kier molecular flexibility index (Phi) is 4.86. The van der Waals surface area contributed by atoms with Crippen molar-refractivity contribution in [2.24, 2.45) is 0 Å². The van der Waals surface area contributed by atoms with E-state index in [9.17, 15) is 0 Å². The minimum Gasteiger partial charge on any atom is -0.456 e. The maximum Gasteiger partial charge on any atom is 0.167 e. The topological polar surface area (TPSA) is 77.0 Å². The number of rotatable bonds is 3. The van der Waals surface area contributed by atoms with Gasteiger partial charge in [-0.15, -0.1) is 0 Å². The zero-order valence-electron chi connectivity index (χ0n) is 22.3. The van der Waals surface area contributed by atoms with Crippen LogP contribution in [-0.4, -0.2) is 21.5 Å². The van der Waals surface area contributed by atoms with Crippen molar-refractivity contribution in [2.75, 3.05) is 11.9 Å². The van der Waals surface area contributed by atoms with E-state index in [0.29, 0.717) is 17.5 Å². The minimum atomic E-state index is 0.553. The van der Waals surface area contributed by atoms with E-state index in [1.165, 1.54) is 0 Å². The molecule has 6 heteroatoms. The van der Waals surface area contributed by atoms with Gasteiger partial charge in [0.05, 0.1) is 5.56 Å². The highest BCUT2D eigenvalue weighted by atomic mass is 16.3. The van der Waals surface area contributed by atoms with Crippen LogP contribution in [0.1, 0.15) is 5.56 Å². The molecule has 5 aromatic carbocycles. The van der Waals surface area contributed by atoms with Crippen molar-refractivity contribution >= 4 is 55.6 Å². The van der Waals surface area contributed by atoms with Crippen molar-refractivity contribution in [1.82, 2.24) is 15.0 Å². The summed E-state index contributed by atoms with van der Waals surface area (Å²) in [7, 11) is 0. The second-order valence-electron chi connectivity index (χ2n) is 10.5. The molecule has 0 bridgehead atoms. The quantitative estimate of drug-likeness (QED) is 0.240. The molecule has 8 aromatic rings. The molecule has 0 spiro atoms. The molecule has 0 saturated carbocycles. The van der Waals surface area contributed by atoms with Crippen LogP contribution < -0.4 is 5.32 Å². The number of nitrogens with zero attached hydrogens (tertiary/aromatic N) is 3. The predicted molar refractivity (Wildman–Crippen MR) is 168 cm³/mol. The molecule has 1 aliphatic rings. The molecule has 198 valence electrons. The smallest absolute Gasteiger partial charge is 0.167 e. The van der Waals surface area contributed by atoms with Gasteiger partial charge >= 0.3 is 0 Å². The Morgan fingerprint density at radius 2 is 1.31 bits per heavy atom. The Hall–Kier alpha value is -5.75. The summed E-state index contributed by atoms with van der Waals surface area (Å²) < 4.78 is 12.7. The molecule has 4 heterocycles. The van der Waals surface area contributed by atoms with E-state index in [0.717, 1.165) is 78.4 Å². The van der Waals surface area contributed by atoms with Crippen LogP contribution in [0.4, 0.5) is 5.69 Å². The number of anilines is 1. The Morgan fingerprint density at radius 3 is 2.24 bits per heavy atom. The standard InChI is InChI=1S/C36H22N4O2/c1-2-9-21(10-3-1)34-38-35(40-36(39-34)26-15-6-13-24-23-12-4-5-16-29(23)42-33(24)26)25-14-7-17-30-32(25)27-20-28-22(11-8-18-37-28)19-31(27)41-30/h1-17,19-20,37H,18H2. The summed E-state index contributed by atoms with van der Waals surface area (Å²) in [5.41, 5.74) is 8.02. The van der Waals surface area contributed by atoms with E-state index >= 15 is 0 Å². The minimum absolute atomic E-state index is 0.553. The van der Waals surface area contributed by atoms with Crippen LogP contribution in [0.2, 0.25) is 0 Å². The van der Waals surface area contributed by atoms with Gasteiger partial charge in [-0.25, -0.2) is 15.0 Å². The summed E-state index contributed by atoms with van der Waals surface area (Å²) in [4.78, 5) is 15.1. The first-order chi connectivity index (χ1) is 20.8. The third kappa shape index (κ3) is 3.48. The van der Waals surface area contributed by atoms with Gasteiger partial charge in [-0.05, 0) is 30.3 Å². The van der Waals surface area contributed by atoms with Crippen LogP contribution in [0.15, 0.2) is 118 Å². The molecule has 0 aliphatic carbocycles. The second-order valence-corrected chi connectivity index (χ2v) is 10.5. The van der Waals surface area contributed by atoms with Gasteiger partial charge in [0, 0.05) is 50.5 Å². The summed E-state index contributed by atoms with van der Waals surface area (Å²) in [6.45, 7) is 0.797. The molecule has 0 atom stereocenters. The lowest BCUT2D eigenvalue weighted by molar-refractivity contribution is 0.668. The summed E-state index contributed by atoms with van der Waals surface area (Å²) in [6, 6.07) is 34.5. The average Bonchev–Trinajstić information content (AvgIpc) is 3.62. The lowest BCUT2D eigenvalue weighted by Gasteiger charge is -2.12. The van der Waals surface area contributed by atoms with Crippen molar-refractivity contribution in [3.63, 3.8) is 0 Å². The molecule has 9 rings (SSSR count). The Morgan fingerprint density at radius 1 is 0.571 bits per heavy atom. The van der Waals surface area contributed by atoms with E-state index in [4.69, 9.17) is 23.8 Å². The molecule has 0 amide bonds. The highest BCUT2D eigenvalue weighted by Crippen LogP contribution is 2.40. The number of aromatic nitrogens is 3. The van der Waals surface area contributed by atoms with Gasteiger partial charge in [-0.3, -0.25) is 0 Å². The SMILES string of the molecule is C1=Cc2cc3oc4cccc(-c5nc(-c6ccccc6)nc(-c6cccc7c6oc6ccccc67)n5)c4c3cc2NC1. The maximum atomic E-state index is 6.37. The van der Waals surface area contributed by atoms with E-state index in [1.54, 1.807) is 0 Å². The maximum absolute atomic E-state index is 6.37. The molecule has 6 nitrogen and oxygen atoms in total. The van der Waals surface area contributed by atoms with Gasteiger partial charge in [0.25, 0.3) is 0 Å². The van der Waals surface area contributed by atoms with Gasteiger partial charge < -0.3 is 14.2 Å². The molecule has 0 saturated heterocycles. The van der Waals surface area contributed by atoms with Crippen molar-refractivity contribution in [3.05, 3.63) is 115 Å². The summed E-state index contributed by atoms with van der Waals surface area (Å²) in [5, 5.41) is 7.56. The first kappa shape index (κ1) is 23.0. The van der Waals surface area contributed by atoms with Gasteiger partial charge in [0.2, 0.25) is 0 Å². The van der Waals surface area contributed by atoms with Crippen molar-refractivity contribution in [2.45, 2.75) is 0 Å². The third-order valence-electron chi connectivity index (χ3n) is 7.93. The van der Waals surface area contributed by atoms with Crippen LogP contribution in [0, 0.1) is 0 Å². The van der Waals surface area contributed by atoms with Crippen molar-refractivity contribution < 1.29 is 8.83 Å². The van der Waals surface area contributed by atoms with Gasteiger partial charge in [0.1, 0.15) is 22.3 Å². The fourth-order valence-electron chi connectivity index (χ4n) is 5.98. The molecule has 1 aliphatic heterocycles. The van der Waals surface area contributed by atoms with E-state index < -0.39 is 0 Å². The third-order valence-corrected chi connectivity index (χ3v) is 7.93. The molecule has 42 heavy (non-hydrogen) atoms. The van der Waals surface area contributed by atoms with Crippen LogP contribution >= 0.6 is 0 Å². The average molecular weight is 543 g/mol. The van der Waals surface area contributed by atoms with Crippen molar-refractivity contribution in [3.8, 4) is 34.2 Å². The zero-order chi connectivity index (χ0) is 27.6. The largest absolute Gasteiger partial charge is 0.456 e. The van der Waals surface area contributed by atoms with E-state index in [2.05, 4.69) is 47.8 Å². The van der Waals surface area contributed by atoms with Crippen LogP contribution in [0.25, 0.3) is 84.1 Å². The number of para-hydroxylation sites is 2. The highest BCUT2D eigenvalue weighted by molar-refractivity contribution is 6.13. The number of fused-ring (bicyclic) bond motifs is 7. The molecule has 0 unspecified atom stereocenters. The van der Waals surface area contributed by atoms with Crippen LogP contribution in [0.3, 0.4) is 0 Å². The number of benzene rings is 5. The normalized spacial score (nSPS) is 12.8. The molecule has 3 aromatic heterocycles. The molecule has 0 fully saturated rings. The molecular formula is C36H22N4O2. The predicted octanol–water partition coefficient (Wildman–Crippen LogP) is 9.11. The lowest BCUT2D eigenvalue weighted by atomic mass is 10.0. The second kappa shape index (κ2) is 8.88. The number of hydrogen-bond donors (Lipinski definition) is 1. The van der Waals surface area contributed by atoms with Gasteiger partial charge in [-0.2, -0.15) is 0 Å². The van der Waals surface area contributed by atoms with Gasteiger partial charge in [-0.1, -0.05) is 84.9 Å². The fraction of sp³-hybridized carbons (Fsp3) is 0.0278. The Bertz CT molecular complexity index is 2370. The van der Waals surface area contributed by atoms with Crippen LogP contribution in [0.5, 0.6) is 0 Å². The monoisotopic (exact) mass is 542 g/mol. The number of hydrogen-bond acceptors (Lipinski definition) is 6. The Labute approximate surface area is 240 Å². The zero-order valence-corrected chi connectivity index (χ0v) is 22.3. The molecule has 1 N–H and O–H groups in total. The number of nitrogens with one attached hydrogen (secondary N) is 1. The highest BCUT2D eigenvalue weighted by Gasteiger charge is 2.21. The summed E-state index contributed by atoms with van der Waals surface area (Å²) >= 11 is 0. The number of furan rings is 2. The summed E-state index contributed by atoms with van der Waals surface area (Å²) in [5.74, 6) is 1.72. The molecular weight excluding hydrogens is 520 g/mol. The van der Waals surface area contributed by atoms with Gasteiger partial charge in [0.15, 0.2) is 17.5 Å². The first-order valence-corrected chi connectivity index (χ1v) is 13.9. The lowest BCUT2D eigenvalue weighted by Crippen LogP contribution is -2.03. The molecule has 0 radical (unpaired) electrons. The fourth-order valence-corrected chi connectivity index (χ4v) is 5.98. The first-order valence-electron chi connectivity index (χ1n) is 13.9. The van der Waals surface area contributed by atoms with E-state index in [1.807, 2.05) is 72.8 Å². The van der Waals surface area contributed by atoms with Crippen molar-refractivity contribution in [1.29, 1.82) is 0 Å².